The number of halogens is 1. The number of hydrogen-bond donors (Lipinski definition) is 0. The number of rotatable bonds is 6. The molecule has 0 atom stereocenters. The second-order valence-corrected chi connectivity index (χ2v) is 9.21. The van der Waals surface area contributed by atoms with E-state index in [-0.39, 0.29) is 12.2 Å². The van der Waals surface area contributed by atoms with Crippen LogP contribution < -0.4 is 4.74 Å². The second kappa shape index (κ2) is 9.05. The lowest BCUT2D eigenvalue weighted by molar-refractivity contribution is 0.00578. The zero-order chi connectivity index (χ0) is 21.1. The Bertz CT molecular complexity index is 747. The van der Waals surface area contributed by atoms with Crippen LogP contribution in [0.4, 0.5) is 4.39 Å². The Morgan fingerprint density at radius 2 is 1.72 bits per heavy atom. The van der Waals surface area contributed by atoms with Gasteiger partial charge in [0, 0.05) is 12.0 Å². The van der Waals surface area contributed by atoms with E-state index in [2.05, 4.69) is 0 Å². The van der Waals surface area contributed by atoms with E-state index in [0.29, 0.717) is 11.7 Å². The van der Waals surface area contributed by atoms with E-state index >= 15 is 4.39 Å². The number of benzene rings is 1. The zero-order valence-corrected chi connectivity index (χ0v) is 18.5. The van der Waals surface area contributed by atoms with Gasteiger partial charge in [-0.3, -0.25) is 0 Å². The normalized spacial score (nSPS) is 22.8. The number of para-hydroxylation sites is 1. The van der Waals surface area contributed by atoms with Crippen LogP contribution in [0.15, 0.2) is 41.6 Å². The molecule has 0 radical (unpaired) electrons. The fraction of sp³-hybridized carbons (Fsp3) is 0.583. The van der Waals surface area contributed by atoms with Crippen molar-refractivity contribution in [3.8, 4) is 5.75 Å². The maximum atomic E-state index is 15.1. The highest BCUT2D eigenvalue weighted by Crippen LogP contribution is 2.39. The predicted molar refractivity (Wildman–Crippen MR) is 117 cm³/mol. The average molecular weight is 400 g/mol. The molecule has 1 saturated heterocycles. The molecule has 2 fully saturated rings. The topological polar surface area (TPSA) is 27.7 Å². The van der Waals surface area contributed by atoms with Crippen molar-refractivity contribution in [3.05, 3.63) is 47.2 Å². The first-order chi connectivity index (χ1) is 13.7. The molecule has 1 aliphatic heterocycles. The Labute approximate surface area is 175 Å². The third kappa shape index (κ3) is 5.32. The maximum absolute atomic E-state index is 15.1. The summed E-state index contributed by atoms with van der Waals surface area (Å²) in [4.78, 5) is 0. The Balaban J connectivity index is 1.83. The molecule has 0 aromatic heterocycles. The van der Waals surface area contributed by atoms with Gasteiger partial charge in [-0.05, 0) is 58.6 Å². The maximum Gasteiger partial charge on any atom is 0.487 e. The van der Waals surface area contributed by atoms with Gasteiger partial charge in [-0.15, -0.1) is 0 Å². The molecular weight excluding hydrogens is 366 g/mol. The molecule has 1 saturated carbocycles. The molecule has 3 rings (SSSR count). The molecule has 1 aromatic rings. The van der Waals surface area contributed by atoms with Crippen molar-refractivity contribution >= 4 is 13.2 Å². The SMILES string of the molecule is COc1ccccc1/C=C(\F)C/C(=C\B1OC(C)(C)C(C)(C)O1)C1CCCCC1. The Morgan fingerprint density at radius 3 is 2.34 bits per heavy atom. The lowest BCUT2D eigenvalue weighted by Crippen LogP contribution is -2.41. The van der Waals surface area contributed by atoms with Crippen molar-refractivity contribution in [2.45, 2.75) is 77.4 Å². The van der Waals surface area contributed by atoms with Gasteiger partial charge in [0.15, 0.2) is 0 Å². The molecule has 1 aromatic carbocycles. The first-order valence-corrected chi connectivity index (χ1v) is 10.8. The van der Waals surface area contributed by atoms with E-state index in [1.54, 1.807) is 13.2 Å². The van der Waals surface area contributed by atoms with Crippen molar-refractivity contribution in [3.63, 3.8) is 0 Å². The standard InChI is InChI=1S/C24H34BFO3/c1-23(2)24(3,4)29-25(28-23)17-20(18-11-7-6-8-12-18)16-21(26)15-19-13-9-10-14-22(19)27-5/h9-10,13-15,17-18H,6-8,11-12,16H2,1-5H3/b20-17+,21-15-. The van der Waals surface area contributed by atoms with Gasteiger partial charge in [-0.2, -0.15) is 0 Å². The van der Waals surface area contributed by atoms with Gasteiger partial charge in [0.05, 0.1) is 18.3 Å². The van der Waals surface area contributed by atoms with Crippen LogP contribution >= 0.6 is 0 Å². The molecule has 3 nitrogen and oxygen atoms in total. The van der Waals surface area contributed by atoms with Crippen molar-refractivity contribution in [2.24, 2.45) is 5.92 Å². The summed E-state index contributed by atoms with van der Waals surface area (Å²) in [6.45, 7) is 8.18. The summed E-state index contributed by atoms with van der Waals surface area (Å²) >= 11 is 0. The van der Waals surface area contributed by atoms with Gasteiger partial charge in [0.25, 0.3) is 0 Å². The summed E-state index contributed by atoms with van der Waals surface area (Å²) in [5.41, 5.74) is 1.06. The quantitative estimate of drug-likeness (QED) is 0.508. The third-order valence-electron chi connectivity index (χ3n) is 6.58. The molecule has 5 heteroatoms. The zero-order valence-electron chi connectivity index (χ0n) is 18.5. The van der Waals surface area contributed by atoms with Gasteiger partial charge >= 0.3 is 7.12 Å². The number of ether oxygens (including phenoxy) is 1. The average Bonchev–Trinajstić information content (AvgIpc) is 2.88. The van der Waals surface area contributed by atoms with Crippen LogP contribution in [-0.4, -0.2) is 25.4 Å². The summed E-state index contributed by atoms with van der Waals surface area (Å²) < 4.78 is 32.7. The van der Waals surface area contributed by atoms with E-state index in [1.807, 2.05) is 57.9 Å². The van der Waals surface area contributed by atoms with Crippen molar-refractivity contribution in [1.82, 2.24) is 0 Å². The van der Waals surface area contributed by atoms with E-state index in [4.69, 9.17) is 14.0 Å². The fourth-order valence-electron chi connectivity index (χ4n) is 4.14. The summed E-state index contributed by atoms with van der Waals surface area (Å²) in [5.74, 6) is 2.93. The van der Waals surface area contributed by atoms with Gasteiger partial charge < -0.3 is 14.0 Å². The molecule has 158 valence electrons. The Kier molecular flexibility index (Phi) is 6.90. The monoisotopic (exact) mass is 400 g/mol. The van der Waals surface area contributed by atoms with Gasteiger partial charge in [-0.1, -0.05) is 49.0 Å². The first kappa shape index (κ1) is 22.1. The van der Waals surface area contributed by atoms with Gasteiger partial charge in [0.2, 0.25) is 0 Å². The van der Waals surface area contributed by atoms with E-state index < -0.39 is 18.3 Å². The lowest BCUT2D eigenvalue weighted by Gasteiger charge is -2.32. The molecule has 29 heavy (non-hydrogen) atoms. The highest BCUT2D eigenvalue weighted by molar-refractivity contribution is 6.51. The van der Waals surface area contributed by atoms with Crippen LogP contribution in [0, 0.1) is 5.92 Å². The molecule has 0 unspecified atom stereocenters. The highest BCUT2D eigenvalue weighted by Gasteiger charge is 2.50. The molecule has 1 heterocycles. The van der Waals surface area contributed by atoms with Crippen molar-refractivity contribution < 1.29 is 18.4 Å². The van der Waals surface area contributed by atoms with Crippen molar-refractivity contribution in [2.75, 3.05) is 7.11 Å². The van der Waals surface area contributed by atoms with Gasteiger partial charge in [0.1, 0.15) is 11.6 Å². The summed E-state index contributed by atoms with van der Waals surface area (Å²) in [6, 6.07) is 7.50. The molecule has 0 bridgehead atoms. The Morgan fingerprint density at radius 1 is 1.10 bits per heavy atom. The van der Waals surface area contributed by atoms with Crippen LogP contribution in [0.25, 0.3) is 6.08 Å². The summed E-state index contributed by atoms with van der Waals surface area (Å²) in [5, 5.41) is 0. The van der Waals surface area contributed by atoms with Crippen LogP contribution in [0.2, 0.25) is 0 Å². The van der Waals surface area contributed by atoms with Crippen LogP contribution in [0.1, 0.15) is 71.8 Å². The highest BCUT2D eigenvalue weighted by atomic mass is 19.1. The predicted octanol–water partition coefficient (Wildman–Crippen LogP) is 6.53. The lowest BCUT2D eigenvalue weighted by atomic mass is 9.76. The van der Waals surface area contributed by atoms with Gasteiger partial charge in [-0.25, -0.2) is 4.39 Å². The molecule has 1 aliphatic carbocycles. The van der Waals surface area contributed by atoms with Crippen molar-refractivity contribution in [1.29, 1.82) is 0 Å². The molecule has 0 spiro atoms. The number of methoxy groups -OCH3 is 1. The molecule has 0 N–H and O–H groups in total. The third-order valence-corrected chi connectivity index (χ3v) is 6.58. The summed E-state index contributed by atoms with van der Waals surface area (Å²) in [6.07, 6.45) is 7.74. The molecular formula is C24H34BFO3. The van der Waals surface area contributed by atoms with E-state index in [9.17, 15) is 0 Å². The molecule has 2 aliphatic rings. The summed E-state index contributed by atoms with van der Waals surface area (Å²) in [7, 11) is 1.17. The number of hydrogen-bond acceptors (Lipinski definition) is 3. The van der Waals surface area contributed by atoms with Crippen LogP contribution in [0.3, 0.4) is 0 Å². The first-order valence-electron chi connectivity index (χ1n) is 10.8. The molecule has 0 amide bonds. The van der Waals surface area contributed by atoms with Crippen LogP contribution in [0.5, 0.6) is 5.75 Å². The fourth-order valence-corrected chi connectivity index (χ4v) is 4.14. The Hall–Kier alpha value is -1.59. The second-order valence-electron chi connectivity index (χ2n) is 9.21. The minimum absolute atomic E-state index is 0.164. The van der Waals surface area contributed by atoms with E-state index in [1.165, 1.54) is 19.3 Å². The van der Waals surface area contributed by atoms with Crippen LogP contribution in [-0.2, 0) is 9.31 Å². The van der Waals surface area contributed by atoms with E-state index in [0.717, 1.165) is 24.0 Å². The number of allylic oxidation sites excluding steroid dienone is 2. The largest absolute Gasteiger partial charge is 0.496 e. The smallest absolute Gasteiger partial charge is 0.487 e. The minimum atomic E-state index is -0.434. The minimum Gasteiger partial charge on any atom is -0.496 e.